The summed E-state index contributed by atoms with van der Waals surface area (Å²) >= 11 is 0. The van der Waals surface area contributed by atoms with Crippen molar-refractivity contribution in [1.29, 1.82) is 0 Å². The standard InChI is InChI=1S/C10H15NO3/c12-9-3-4-11-8-2-1-6(10(13)14)5-7(8)9/h6-8,11H,1-5H2,(H,13,14). The lowest BCUT2D eigenvalue weighted by molar-refractivity contribution is -0.144. The van der Waals surface area contributed by atoms with Gasteiger partial charge in [0.25, 0.3) is 0 Å². The molecule has 4 nitrogen and oxygen atoms in total. The van der Waals surface area contributed by atoms with Crippen LogP contribution in [0, 0.1) is 11.8 Å². The molecule has 14 heavy (non-hydrogen) atoms. The topological polar surface area (TPSA) is 66.4 Å². The number of hydrogen-bond donors (Lipinski definition) is 2. The zero-order valence-electron chi connectivity index (χ0n) is 8.03. The molecule has 4 heteroatoms. The van der Waals surface area contributed by atoms with Gasteiger partial charge in [0.2, 0.25) is 0 Å². The van der Waals surface area contributed by atoms with E-state index in [1.807, 2.05) is 0 Å². The number of rotatable bonds is 1. The van der Waals surface area contributed by atoms with Gasteiger partial charge in [0, 0.05) is 24.9 Å². The molecule has 0 bridgehead atoms. The van der Waals surface area contributed by atoms with Gasteiger partial charge in [-0.3, -0.25) is 9.59 Å². The maximum Gasteiger partial charge on any atom is 0.306 e. The van der Waals surface area contributed by atoms with E-state index in [2.05, 4.69) is 5.32 Å². The van der Waals surface area contributed by atoms with Crippen molar-refractivity contribution < 1.29 is 14.7 Å². The molecule has 0 amide bonds. The van der Waals surface area contributed by atoms with Crippen LogP contribution in [0.5, 0.6) is 0 Å². The molecule has 0 radical (unpaired) electrons. The largest absolute Gasteiger partial charge is 0.481 e. The van der Waals surface area contributed by atoms with Crippen molar-refractivity contribution >= 4 is 11.8 Å². The van der Waals surface area contributed by atoms with Crippen molar-refractivity contribution in [2.45, 2.75) is 31.7 Å². The summed E-state index contributed by atoms with van der Waals surface area (Å²) in [5.41, 5.74) is 0. The maximum absolute atomic E-state index is 11.6. The SMILES string of the molecule is O=C(O)C1CCC2NCCC(=O)C2C1. The van der Waals surface area contributed by atoms with E-state index in [9.17, 15) is 9.59 Å². The molecular weight excluding hydrogens is 182 g/mol. The van der Waals surface area contributed by atoms with Gasteiger partial charge < -0.3 is 10.4 Å². The molecule has 0 aromatic rings. The third-order valence-corrected chi connectivity index (χ3v) is 3.39. The Morgan fingerprint density at radius 2 is 2.21 bits per heavy atom. The molecule has 0 spiro atoms. The van der Waals surface area contributed by atoms with E-state index >= 15 is 0 Å². The summed E-state index contributed by atoms with van der Waals surface area (Å²) in [5, 5.41) is 12.2. The van der Waals surface area contributed by atoms with E-state index in [1.165, 1.54) is 0 Å². The Morgan fingerprint density at radius 3 is 2.93 bits per heavy atom. The summed E-state index contributed by atoms with van der Waals surface area (Å²) in [6.07, 6.45) is 2.63. The number of ketones is 1. The van der Waals surface area contributed by atoms with Crippen LogP contribution in [0.3, 0.4) is 0 Å². The second kappa shape index (κ2) is 3.69. The Labute approximate surface area is 82.7 Å². The third-order valence-electron chi connectivity index (χ3n) is 3.39. The fourth-order valence-electron chi connectivity index (χ4n) is 2.56. The van der Waals surface area contributed by atoms with E-state index < -0.39 is 5.97 Å². The molecule has 1 saturated heterocycles. The summed E-state index contributed by atoms with van der Waals surface area (Å²) < 4.78 is 0. The number of hydrogen-bond acceptors (Lipinski definition) is 3. The van der Waals surface area contributed by atoms with Gasteiger partial charge in [-0.15, -0.1) is 0 Å². The van der Waals surface area contributed by atoms with Gasteiger partial charge in [0.15, 0.2) is 0 Å². The van der Waals surface area contributed by atoms with Crippen LogP contribution in [0.15, 0.2) is 0 Å². The Balaban J connectivity index is 2.05. The van der Waals surface area contributed by atoms with E-state index in [1.54, 1.807) is 0 Å². The number of carboxylic acid groups (broad SMARTS) is 1. The smallest absolute Gasteiger partial charge is 0.306 e. The summed E-state index contributed by atoms with van der Waals surface area (Å²) in [4.78, 5) is 22.4. The summed E-state index contributed by atoms with van der Waals surface area (Å²) in [7, 11) is 0. The zero-order valence-corrected chi connectivity index (χ0v) is 8.03. The highest BCUT2D eigenvalue weighted by atomic mass is 16.4. The molecule has 2 aliphatic rings. The van der Waals surface area contributed by atoms with Crippen LogP contribution >= 0.6 is 0 Å². The lowest BCUT2D eigenvalue weighted by Gasteiger charge is -2.37. The first kappa shape index (κ1) is 9.65. The monoisotopic (exact) mass is 197 g/mol. The van der Waals surface area contributed by atoms with Gasteiger partial charge >= 0.3 is 5.97 Å². The molecule has 78 valence electrons. The van der Waals surface area contributed by atoms with Gasteiger partial charge in [-0.25, -0.2) is 0 Å². The highest BCUT2D eigenvalue weighted by Gasteiger charge is 2.39. The number of nitrogens with one attached hydrogen (secondary N) is 1. The number of piperidine rings is 1. The van der Waals surface area contributed by atoms with Gasteiger partial charge in [-0.05, 0) is 19.3 Å². The minimum Gasteiger partial charge on any atom is -0.481 e. The minimum absolute atomic E-state index is 0.0430. The molecule has 0 aromatic heterocycles. The highest BCUT2D eigenvalue weighted by Crippen LogP contribution is 2.32. The molecule has 2 N–H and O–H groups in total. The summed E-state index contributed by atoms with van der Waals surface area (Å²) in [5.74, 6) is -0.847. The van der Waals surface area contributed by atoms with Crippen LogP contribution in [0.2, 0.25) is 0 Å². The Bertz CT molecular complexity index is 264. The molecule has 2 fully saturated rings. The first-order valence-electron chi connectivity index (χ1n) is 5.17. The first-order valence-corrected chi connectivity index (χ1v) is 5.17. The van der Waals surface area contributed by atoms with Crippen LogP contribution in [0.1, 0.15) is 25.7 Å². The summed E-state index contributed by atoms with van der Waals surface area (Å²) in [6.45, 7) is 0.762. The molecule has 1 aliphatic heterocycles. The van der Waals surface area contributed by atoms with E-state index in [0.29, 0.717) is 19.3 Å². The maximum atomic E-state index is 11.6. The van der Waals surface area contributed by atoms with Crippen molar-refractivity contribution in [2.24, 2.45) is 11.8 Å². The predicted octanol–water partition coefficient (Wildman–Crippen LogP) is 0.418. The fourth-order valence-corrected chi connectivity index (χ4v) is 2.56. The second-order valence-corrected chi connectivity index (χ2v) is 4.23. The number of carbonyl (C=O) groups is 2. The van der Waals surface area contributed by atoms with Crippen LogP contribution in [0.4, 0.5) is 0 Å². The predicted molar refractivity (Wildman–Crippen MR) is 49.9 cm³/mol. The summed E-state index contributed by atoms with van der Waals surface area (Å²) in [6, 6.07) is 0.242. The van der Waals surface area contributed by atoms with Crippen molar-refractivity contribution in [2.75, 3.05) is 6.54 Å². The first-order chi connectivity index (χ1) is 6.68. The lowest BCUT2D eigenvalue weighted by atomic mass is 9.74. The van der Waals surface area contributed by atoms with E-state index in [4.69, 9.17) is 5.11 Å². The molecule has 3 atom stereocenters. The van der Waals surface area contributed by atoms with E-state index in [-0.39, 0.29) is 23.7 Å². The van der Waals surface area contributed by atoms with Crippen LogP contribution in [-0.2, 0) is 9.59 Å². The van der Waals surface area contributed by atoms with Crippen LogP contribution in [0.25, 0.3) is 0 Å². The van der Waals surface area contributed by atoms with Crippen LogP contribution < -0.4 is 5.32 Å². The second-order valence-electron chi connectivity index (χ2n) is 4.23. The Kier molecular flexibility index (Phi) is 2.54. The van der Waals surface area contributed by atoms with Gasteiger partial charge in [-0.2, -0.15) is 0 Å². The minimum atomic E-state index is -0.748. The lowest BCUT2D eigenvalue weighted by Crippen LogP contribution is -2.50. The number of Topliss-reactive ketones (excluding diaryl/α,β-unsaturated/α-hetero) is 1. The molecule has 2 rings (SSSR count). The fraction of sp³-hybridized carbons (Fsp3) is 0.800. The molecule has 0 aromatic carbocycles. The molecule has 3 unspecified atom stereocenters. The number of carbonyl (C=O) groups excluding carboxylic acids is 1. The molecule has 1 heterocycles. The number of carboxylic acids is 1. The Morgan fingerprint density at radius 1 is 1.43 bits per heavy atom. The van der Waals surface area contributed by atoms with Gasteiger partial charge in [-0.1, -0.05) is 0 Å². The normalized spacial score (nSPS) is 37.7. The van der Waals surface area contributed by atoms with Crippen molar-refractivity contribution in [3.05, 3.63) is 0 Å². The van der Waals surface area contributed by atoms with Gasteiger partial charge in [0.05, 0.1) is 5.92 Å². The van der Waals surface area contributed by atoms with Crippen molar-refractivity contribution in [1.82, 2.24) is 5.32 Å². The third kappa shape index (κ3) is 1.66. The quantitative estimate of drug-likeness (QED) is 0.639. The highest BCUT2D eigenvalue weighted by molar-refractivity contribution is 5.83. The average molecular weight is 197 g/mol. The zero-order chi connectivity index (χ0) is 10.1. The number of fused-ring (bicyclic) bond motifs is 1. The van der Waals surface area contributed by atoms with E-state index in [0.717, 1.165) is 13.0 Å². The van der Waals surface area contributed by atoms with Crippen molar-refractivity contribution in [3.8, 4) is 0 Å². The van der Waals surface area contributed by atoms with Crippen LogP contribution in [-0.4, -0.2) is 29.4 Å². The Hall–Kier alpha value is -0.900. The molecule has 1 saturated carbocycles. The molecule has 1 aliphatic carbocycles. The van der Waals surface area contributed by atoms with Crippen molar-refractivity contribution in [3.63, 3.8) is 0 Å². The van der Waals surface area contributed by atoms with Gasteiger partial charge in [0.1, 0.15) is 5.78 Å². The number of aliphatic carboxylic acids is 1. The molecular formula is C10H15NO3. The average Bonchev–Trinajstić information content (AvgIpc) is 2.18.